The highest BCUT2D eigenvalue weighted by atomic mass is 16.7. The van der Waals surface area contributed by atoms with Gasteiger partial charge in [-0.15, -0.1) is 0 Å². The third kappa shape index (κ3) is 2.97. The predicted molar refractivity (Wildman–Crippen MR) is 71.8 cm³/mol. The molecule has 0 spiro atoms. The van der Waals surface area contributed by atoms with E-state index in [0.717, 1.165) is 5.56 Å². The fraction of sp³-hybridized carbons (Fsp3) is 0.286. The summed E-state index contributed by atoms with van der Waals surface area (Å²) in [6.45, 7) is 0.429. The van der Waals surface area contributed by atoms with Gasteiger partial charge < -0.3 is 24.1 Å². The van der Waals surface area contributed by atoms with Crippen LogP contribution in [0, 0.1) is 0 Å². The van der Waals surface area contributed by atoms with E-state index in [0.29, 0.717) is 23.0 Å². The van der Waals surface area contributed by atoms with Gasteiger partial charge in [-0.2, -0.15) is 0 Å². The molecule has 0 radical (unpaired) electrons. The quantitative estimate of drug-likeness (QED) is 0.894. The van der Waals surface area contributed by atoms with Crippen molar-refractivity contribution >= 4 is 5.91 Å². The summed E-state index contributed by atoms with van der Waals surface area (Å²) in [6.07, 6.45) is 0. The molecular weight excluding hydrogens is 276 g/mol. The van der Waals surface area contributed by atoms with Gasteiger partial charge in [0.25, 0.3) is 0 Å². The zero-order chi connectivity index (χ0) is 14.7. The number of amides is 1. The second-order valence-corrected chi connectivity index (χ2v) is 4.42. The maximum Gasteiger partial charge on any atom is 0.245 e. The van der Waals surface area contributed by atoms with Gasteiger partial charge in [-0.1, -0.05) is 5.16 Å². The highest BCUT2D eigenvalue weighted by molar-refractivity contribution is 5.76. The number of carbonyl (C=O) groups is 1. The molecule has 1 amide bonds. The standard InChI is InChI=1S/C14H14N2O5/c1-15-14(17)7-18-6-10-5-12(21-16-10)9-2-3-11-13(4-9)20-8-19-11/h2-5H,6-8H2,1H3,(H,15,17). The van der Waals surface area contributed by atoms with E-state index in [1.54, 1.807) is 13.1 Å². The summed E-state index contributed by atoms with van der Waals surface area (Å²) < 4.78 is 21.1. The lowest BCUT2D eigenvalue weighted by molar-refractivity contribution is -0.125. The Morgan fingerprint density at radius 2 is 2.19 bits per heavy atom. The number of nitrogens with one attached hydrogen (secondary N) is 1. The molecule has 1 aromatic heterocycles. The number of hydrogen-bond acceptors (Lipinski definition) is 6. The van der Waals surface area contributed by atoms with Crippen LogP contribution in [0.1, 0.15) is 5.69 Å². The molecule has 2 heterocycles. The van der Waals surface area contributed by atoms with Crippen molar-refractivity contribution in [2.75, 3.05) is 20.4 Å². The fourth-order valence-electron chi connectivity index (χ4n) is 1.89. The fourth-order valence-corrected chi connectivity index (χ4v) is 1.89. The monoisotopic (exact) mass is 290 g/mol. The van der Waals surface area contributed by atoms with Crippen LogP contribution >= 0.6 is 0 Å². The van der Waals surface area contributed by atoms with Crippen molar-refractivity contribution in [3.05, 3.63) is 30.0 Å². The lowest BCUT2D eigenvalue weighted by atomic mass is 10.1. The van der Waals surface area contributed by atoms with Crippen LogP contribution in [0.2, 0.25) is 0 Å². The minimum absolute atomic E-state index is 0.0112. The number of ether oxygens (including phenoxy) is 3. The van der Waals surface area contributed by atoms with Crippen molar-refractivity contribution in [3.63, 3.8) is 0 Å². The van der Waals surface area contributed by atoms with Gasteiger partial charge in [-0.3, -0.25) is 4.79 Å². The molecule has 21 heavy (non-hydrogen) atoms. The molecule has 3 rings (SSSR count). The predicted octanol–water partition coefficient (Wildman–Crippen LogP) is 1.33. The zero-order valence-electron chi connectivity index (χ0n) is 11.4. The summed E-state index contributed by atoms with van der Waals surface area (Å²) in [7, 11) is 1.56. The van der Waals surface area contributed by atoms with E-state index in [2.05, 4.69) is 10.5 Å². The number of fused-ring (bicyclic) bond motifs is 1. The number of hydrogen-bond donors (Lipinski definition) is 1. The number of rotatable bonds is 5. The van der Waals surface area contributed by atoms with Crippen LogP contribution in [0.25, 0.3) is 11.3 Å². The first kappa shape index (κ1) is 13.4. The van der Waals surface area contributed by atoms with Gasteiger partial charge in [0.15, 0.2) is 17.3 Å². The average Bonchev–Trinajstić information content (AvgIpc) is 3.15. The minimum Gasteiger partial charge on any atom is -0.454 e. The molecule has 0 fully saturated rings. The lowest BCUT2D eigenvalue weighted by Gasteiger charge is -1.99. The Hall–Kier alpha value is -2.54. The highest BCUT2D eigenvalue weighted by Crippen LogP contribution is 2.35. The van der Waals surface area contributed by atoms with E-state index in [1.807, 2.05) is 18.2 Å². The smallest absolute Gasteiger partial charge is 0.245 e. The Morgan fingerprint density at radius 1 is 1.33 bits per heavy atom. The van der Waals surface area contributed by atoms with E-state index >= 15 is 0 Å². The number of nitrogens with zero attached hydrogens (tertiary/aromatic N) is 1. The minimum atomic E-state index is -0.186. The Bertz CT molecular complexity index is 653. The Labute approximate surface area is 120 Å². The van der Waals surface area contributed by atoms with Gasteiger partial charge in [0.05, 0.1) is 6.61 Å². The second-order valence-electron chi connectivity index (χ2n) is 4.42. The molecular formula is C14H14N2O5. The molecule has 0 atom stereocenters. The maximum atomic E-state index is 11.0. The van der Waals surface area contributed by atoms with Crippen LogP contribution < -0.4 is 14.8 Å². The van der Waals surface area contributed by atoms with Gasteiger partial charge in [0, 0.05) is 18.7 Å². The van der Waals surface area contributed by atoms with Crippen molar-refractivity contribution in [2.24, 2.45) is 0 Å². The first-order valence-electron chi connectivity index (χ1n) is 6.40. The van der Waals surface area contributed by atoms with E-state index < -0.39 is 0 Å². The first-order chi connectivity index (χ1) is 10.3. The van der Waals surface area contributed by atoms with Gasteiger partial charge in [-0.25, -0.2) is 0 Å². The molecule has 0 unspecified atom stereocenters. The number of benzene rings is 1. The third-order valence-electron chi connectivity index (χ3n) is 2.98. The van der Waals surface area contributed by atoms with Gasteiger partial charge in [0.1, 0.15) is 12.3 Å². The topological polar surface area (TPSA) is 82.8 Å². The molecule has 0 saturated carbocycles. The SMILES string of the molecule is CNC(=O)COCc1cc(-c2ccc3c(c2)OCO3)on1. The lowest BCUT2D eigenvalue weighted by Crippen LogP contribution is -2.23. The summed E-state index contributed by atoms with van der Waals surface area (Å²) >= 11 is 0. The van der Waals surface area contributed by atoms with Crippen LogP contribution in [0.5, 0.6) is 11.5 Å². The van der Waals surface area contributed by atoms with Crippen molar-refractivity contribution in [1.82, 2.24) is 10.5 Å². The van der Waals surface area contributed by atoms with Crippen LogP contribution in [0.4, 0.5) is 0 Å². The normalized spacial score (nSPS) is 12.4. The van der Waals surface area contributed by atoms with Crippen molar-refractivity contribution in [1.29, 1.82) is 0 Å². The maximum absolute atomic E-state index is 11.0. The Balaban J connectivity index is 1.66. The summed E-state index contributed by atoms with van der Waals surface area (Å²) in [5.41, 5.74) is 1.45. The van der Waals surface area contributed by atoms with Gasteiger partial charge in [-0.05, 0) is 18.2 Å². The van der Waals surface area contributed by atoms with E-state index in [-0.39, 0.29) is 25.9 Å². The summed E-state index contributed by atoms with van der Waals surface area (Å²) in [4.78, 5) is 11.0. The number of likely N-dealkylation sites (N-methyl/N-ethyl adjacent to an activating group) is 1. The average molecular weight is 290 g/mol. The van der Waals surface area contributed by atoms with Crippen LogP contribution in [0.3, 0.4) is 0 Å². The molecule has 1 aromatic carbocycles. The molecule has 0 saturated heterocycles. The van der Waals surface area contributed by atoms with E-state index in [9.17, 15) is 4.79 Å². The molecule has 7 nitrogen and oxygen atoms in total. The van der Waals surface area contributed by atoms with Gasteiger partial charge in [0.2, 0.25) is 12.7 Å². The summed E-state index contributed by atoms with van der Waals surface area (Å²) in [5, 5.41) is 6.38. The number of aromatic nitrogens is 1. The molecule has 0 aliphatic carbocycles. The molecule has 1 aliphatic heterocycles. The third-order valence-corrected chi connectivity index (χ3v) is 2.98. The molecule has 2 aromatic rings. The molecule has 7 heteroatoms. The van der Waals surface area contributed by atoms with E-state index in [1.165, 1.54) is 0 Å². The first-order valence-corrected chi connectivity index (χ1v) is 6.40. The molecule has 1 aliphatic rings. The largest absolute Gasteiger partial charge is 0.454 e. The number of carbonyl (C=O) groups excluding carboxylic acids is 1. The highest BCUT2D eigenvalue weighted by Gasteiger charge is 2.16. The Morgan fingerprint density at radius 3 is 3.05 bits per heavy atom. The Kier molecular flexibility index (Phi) is 3.74. The molecule has 1 N–H and O–H groups in total. The van der Waals surface area contributed by atoms with E-state index in [4.69, 9.17) is 18.7 Å². The second kappa shape index (κ2) is 5.84. The van der Waals surface area contributed by atoms with Gasteiger partial charge >= 0.3 is 0 Å². The van der Waals surface area contributed by atoms with Crippen molar-refractivity contribution in [2.45, 2.75) is 6.61 Å². The van der Waals surface area contributed by atoms with Crippen molar-refractivity contribution < 1.29 is 23.5 Å². The van der Waals surface area contributed by atoms with Crippen molar-refractivity contribution in [3.8, 4) is 22.8 Å². The van der Waals surface area contributed by atoms with Crippen LogP contribution in [-0.4, -0.2) is 31.5 Å². The summed E-state index contributed by atoms with van der Waals surface area (Å²) in [6, 6.07) is 7.28. The van der Waals surface area contributed by atoms with Crippen LogP contribution in [0.15, 0.2) is 28.8 Å². The molecule has 0 bridgehead atoms. The summed E-state index contributed by atoms with van der Waals surface area (Å²) in [5.74, 6) is 1.81. The van der Waals surface area contributed by atoms with Crippen LogP contribution in [-0.2, 0) is 16.1 Å². The molecule has 110 valence electrons. The zero-order valence-corrected chi connectivity index (χ0v) is 11.4.